The molecular formula is C15H15N3OS. The molecule has 1 aromatic carbocycles. The Morgan fingerprint density at radius 3 is 2.75 bits per heavy atom. The van der Waals surface area contributed by atoms with Crippen LogP contribution in [0.4, 0.5) is 0 Å². The largest absolute Gasteiger partial charge is 0.389 e. The fourth-order valence-electron chi connectivity index (χ4n) is 1.78. The van der Waals surface area contributed by atoms with Gasteiger partial charge in [0.1, 0.15) is 4.99 Å². The molecule has 20 heavy (non-hydrogen) atoms. The molecule has 5 heteroatoms. The first-order chi connectivity index (χ1) is 9.58. The fraction of sp³-hybridized carbons (Fsp3) is 0.133. The van der Waals surface area contributed by atoms with Crippen LogP contribution in [0.25, 0.3) is 0 Å². The highest BCUT2D eigenvalue weighted by Gasteiger charge is 2.08. The topological polar surface area (TPSA) is 68.0 Å². The molecule has 1 heterocycles. The highest BCUT2D eigenvalue weighted by atomic mass is 32.1. The van der Waals surface area contributed by atoms with Crippen LogP contribution in [0.1, 0.15) is 27.2 Å². The third-order valence-electron chi connectivity index (χ3n) is 2.94. The Morgan fingerprint density at radius 1 is 1.30 bits per heavy atom. The van der Waals surface area contributed by atoms with Crippen LogP contribution in [0.15, 0.2) is 42.6 Å². The number of pyridine rings is 1. The second-order valence-corrected chi connectivity index (χ2v) is 4.83. The molecule has 102 valence electrons. The lowest BCUT2D eigenvalue weighted by Crippen LogP contribution is -2.24. The highest BCUT2D eigenvalue weighted by Crippen LogP contribution is 2.07. The van der Waals surface area contributed by atoms with Gasteiger partial charge in [-0.2, -0.15) is 0 Å². The molecule has 0 radical (unpaired) electrons. The van der Waals surface area contributed by atoms with Crippen molar-refractivity contribution in [1.82, 2.24) is 10.3 Å². The van der Waals surface area contributed by atoms with Gasteiger partial charge in [-0.1, -0.05) is 30.4 Å². The Labute approximate surface area is 123 Å². The first kappa shape index (κ1) is 14.1. The van der Waals surface area contributed by atoms with Gasteiger partial charge in [0.15, 0.2) is 0 Å². The van der Waals surface area contributed by atoms with Crippen LogP contribution in [-0.2, 0) is 6.54 Å². The summed E-state index contributed by atoms with van der Waals surface area (Å²) in [7, 11) is 0. The fourth-order valence-corrected chi connectivity index (χ4v) is 1.91. The molecule has 0 atom stereocenters. The zero-order chi connectivity index (χ0) is 14.5. The second-order valence-electron chi connectivity index (χ2n) is 4.39. The van der Waals surface area contributed by atoms with Crippen molar-refractivity contribution in [2.45, 2.75) is 13.5 Å². The first-order valence-corrected chi connectivity index (χ1v) is 6.57. The molecule has 3 N–H and O–H groups in total. The van der Waals surface area contributed by atoms with Crippen molar-refractivity contribution >= 4 is 23.1 Å². The number of nitrogens with one attached hydrogen (secondary N) is 1. The molecule has 0 aliphatic heterocycles. The summed E-state index contributed by atoms with van der Waals surface area (Å²) < 4.78 is 0. The molecule has 2 rings (SSSR count). The third-order valence-corrected chi connectivity index (χ3v) is 3.18. The van der Waals surface area contributed by atoms with Gasteiger partial charge in [-0.3, -0.25) is 9.78 Å². The molecule has 0 unspecified atom stereocenters. The zero-order valence-corrected chi connectivity index (χ0v) is 11.9. The van der Waals surface area contributed by atoms with E-state index in [0.29, 0.717) is 17.7 Å². The number of amides is 1. The minimum Gasteiger partial charge on any atom is -0.389 e. The number of thiocarbonyl (C=S) groups is 1. The van der Waals surface area contributed by atoms with Gasteiger partial charge in [-0.25, -0.2) is 0 Å². The van der Waals surface area contributed by atoms with E-state index >= 15 is 0 Å². The van der Waals surface area contributed by atoms with E-state index in [0.717, 1.165) is 11.3 Å². The van der Waals surface area contributed by atoms with Crippen LogP contribution in [-0.4, -0.2) is 15.9 Å². The molecule has 0 saturated heterocycles. The number of nitrogens with two attached hydrogens (primary N) is 1. The van der Waals surface area contributed by atoms with Crippen molar-refractivity contribution in [2.75, 3.05) is 0 Å². The van der Waals surface area contributed by atoms with E-state index < -0.39 is 0 Å². The molecule has 1 aromatic heterocycles. The number of hydrogen-bond acceptors (Lipinski definition) is 3. The van der Waals surface area contributed by atoms with Crippen molar-refractivity contribution in [3.8, 4) is 0 Å². The van der Waals surface area contributed by atoms with Gasteiger partial charge in [-0.05, 0) is 30.7 Å². The zero-order valence-electron chi connectivity index (χ0n) is 11.1. The van der Waals surface area contributed by atoms with E-state index in [4.69, 9.17) is 18.0 Å². The van der Waals surface area contributed by atoms with Crippen LogP contribution in [0.5, 0.6) is 0 Å². The predicted molar refractivity (Wildman–Crippen MR) is 82.5 cm³/mol. The summed E-state index contributed by atoms with van der Waals surface area (Å²) in [5, 5.41) is 2.84. The maximum absolute atomic E-state index is 12.1. The summed E-state index contributed by atoms with van der Waals surface area (Å²) in [4.78, 5) is 16.6. The Kier molecular flexibility index (Phi) is 4.42. The van der Waals surface area contributed by atoms with Crippen LogP contribution >= 0.6 is 12.2 Å². The number of carbonyl (C=O) groups excluding carboxylic acids is 1. The van der Waals surface area contributed by atoms with Crippen molar-refractivity contribution in [2.24, 2.45) is 5.73 Å². The van der Waals surface area contributed by atoms with Crippen molar-refractivity contribution in [1.29, 1.82) is 0 Å². The summed E-state index contributed by atoms with van der Waals surface area (Å²) in [6.45, 7) is 2.35. The molecular weight excluding hydrogens is 270 g/mol. The number of carbonyl (C=O) groups is 1. The van der Waals surface area contributed by atoms with Gasteiger partial charge >= 0.3 is 0 Å². The molecule has 0 spiro atoms. The Balaban J connectivity index is 2.07. The molecule has 0 aliphatic rings. The smallest absolute Gasteiger partial charge is 0.251 e. The number of benzene rings is 1. The summed E-state index contributed by atoms with van der Waals surface area (Å²) in [5.41, 5.74) is 8.67. The van der Waals surface area contributed by atoms with Gasteiger partial charge in [0.05, 0.1) is 12.2 Å². The molecule has 2 aromatic rings. The van der Waals surface area contributed by atoms with Crippen LogP contribution in [0.3, 0.4) is 0 Å². The van der Waals surface area contributed by atoms with E-state index in [-0.39, 0.29) is 10.9 Å². The van der Waals surface area contributed by atoms with E-state index in [1.807, 2.05) is 19.1 Å². The maximum atomic E-state index is 12.1. The predicted octanol–water partition coefficient (Wildman–Crippen LogP) is 1.95. The van der Waals surface area contributed by atoms with Crippen molar-refractivity contribution in [3.05, 3.63) is 65.0 Å². The summed E-state index contributed by atoms with van der Waals surface area (Å²) in [6.07, 6.45) is 1.71. The second kappa shape index (κ2) is 6.25. The Morgan fingerprint density at radius 2 is 2.05 bits per heavy atom. The molecule has 0 bridgehead atoms. The van der Waals surface area contributed by atoms with Gasteiger partial charge < -0.3 is 11.1 Å². The number of aromatic nitrogens is 1. The van der Waals surface area contributed by atoms with Crippen molar-refractivity contribution in [3.63, 3.8) is 0 Å². The Bertz CT molecular complexity index is 655. The summed E-state index contributed by atoms with van der Waals surface area (Å²) >= 11 is 4.90. The first-order valence-electron chi connectivity index (χ1n) is 6.16. The number of aryl methyl sites for hydroxylation is 1. The van der Waals surface area contributed by atoms with Gasteiger partial charge in [0.2, 0.25) is 0 Å². The van der Waals surface area contributed by atoms with Crippen LogP contribution in [0.2, 0.25) is 0 Å². The maximum Gasteiger partial charge on any atom is 0.251 e. The molecule has 0 saturated carbocycles. The van der Waals surface area contributed by atoms with E-state index in [2.05, 4.69) is 10.3 Å². The van der Waals surface area contributed by atoms with E-state index in [1.54, 1.807) is 30.5 Å². The molecule has 1 amide bonds. The standard InChI is InChI=1S/C15H15N3OS/c1-10-4-3-7-17-13(10)9-18-15(19)12-6-2-5-11(8-12)14(16)20/h2-8H,9H2,1H3,(H2,16,20)(H,18,19). The van der Waals surface area contributed by atoms with E-state index in [1.165, 1.54) is 0 Å². The number of rotatable bonds is 4. The molecule has 0 aliphatic carbocycles. The SMILES string of the molecule is Cc1cccnc1CNC(=O)c1cccc(C(N)=S)c1. The van der Waals surface area contributed by atoms with E-state index in [9.17, 15) is 4.79 Å². The third kappa shape index (κ3) is 3.39. The average molecular weight is 285 g/mol. The highest BCUT2D eigenvalue weighted by molar-refractivity contribution is 7.80. The average Bonchev–Trinajstić information content (AvgIpc) is 2.46. The Hall–Kier alpha value is -2.27. The minimum atomic E-state index is -0.173. The van der Waals surface area contributed by atoms with Gasteiger partial charge in [-0.15, -0.1) is 0 Å². The summed E-state index contributed by atoms with van der Waals surface area (Å²) in [6, 6.07) is 10.8. The monoisotopic (exact) mass is 285 g/mol. The van der Waals surface area contributed by atoms with Crippen LogP contribution < -0.4 is 11.1 Å². The van der Waals surface area contributed by atoms with Crippen LogP contribution in [0, 0.1) is 6.92 Å². The lowest BCUT2D eigenvalue weighted by Gasteiger charge is -2.08. The number of nitrogens with zero attached hydrogens (tertiary/aromatic N) is 1. The normalized spacial score (nSPS) is 10.1. The molecule has 0 fully saturated rings. The molecule has 4 nitrogen and oxygen atoms in total. The van der Waals surface area contributed by atoms with Gasteiger partial charge in [0.25, 0.3) is 5.91 Å². The quantitative estimate of drug-likeness (QED) is 0.843. The number of hydrogen-bond donors (Lipinski definition) is 2. The van der Waals surface area contributed by atoms with Crippen molar-refractivity contribution < 1.29 is 4.79 Å². The summed E-state index contributed by atoms with van der Waals surface area (Å²) in [5.74, 6) is -0.173. The minimum absolute atomic E-state index is 0.173. The lowest BCUT2D eigenvalue weighted by atomic mass is 10.1. The lowest BCUT2D eigenvalue weighted by molar-refractivity contribution is 0.0950. The van der Waals surface area contributed by atoms with Gasteiger partial charge in [0, 0.05) is 17.3 Å².